The molecule has 4 heterocycles. The van der Waals surface area contributed by atoms with Gasteiger partial charge in [0.1, 0.15) is 17.4 Å². The minimum absolute atomic E-state index is 0.0253. The number of nitrogen functional groups attached to an aromatic ring is 1. The van der Waals surface area contributed by atoms with Crippen molar-refractivity contribution in [1.29, 1.82) is 0 Å². The molecule has 2 fully saturated rings. The topological polar surface area (TPSA) is 111 Å². The first-order chi connectivity index (χ1) is 19.6. The molecule has 9 heteroatoms. The lowest BCUT2D eigenvalue weighted by Gasteiger charge is -2.33. The summed E-state index contributed by atoms with van der Waals surface area (Å²) < 4.78 is 8.10. The molecular weight excluding hydrogens is 502 g/mol. The lowest BCUT2D eigenvalue weighted by molar-refractivity contribution is -0.127. The van der Waals surface area contributed by atoms with E-state index in [1.807, 2.05) is 29.2 Å². The molecule has 2 aliphatic carbocycles. The third-order valence-electron chi connectivity index (χ3n) is 8.25. The van der Waals surface area contributed by atoms with Crippen LogP contribution in [0.15, 0.2) is 61.3 Å². The molecule has 1 aromatic carbocycles. The number of fused-ring (bicyclic) bond motifs is 2. The summed E-state index contributed by atoms with van der Waals surface area (Å²) >= 11 is 0. The fraction of sp³-hybridized carbons (Fsp3) is 0.355. The van der Waals surface area contributed by atoms with Gasteiger partial charge >= 0.3 is 0 Å². The number of rotatable bonds is 7. The number of anilines is 1. The molecule has 1 amide bonds. The number of amides is 1. The number of piperidine rings is 1. The Morgan fingerprint density at radius 1 is 1.07 bits per heavy atom. The van der Waals surface area contributed by atoms with E-state index >= 15 is 0 Å². The van der Waals surface area contributed by atoms with E-state index in [0.29, 0.717) is 29.6 Å². The molecule has 4 aromatic rings. The SMILES string of the molecule is C=CC(=O)N1CCC(N[C@H]2CCc3cc(-n4c(-c5cccnc5N)nc5ccc(OC6CC6)nc54)ccc32)CC1. The van der Waals surface area contributed by atoms with Gasteiger partial charge in [0, 0.05) is 43.1 Å². The molecule has 204 valence electrons. The van der Waals surface area contributed by atoms with Gasteiger partial charge in [0.2, 0.25) is 11.8 Å². The monoisotopic (exact) mass is 535 g/mol. The number of pyridine rings is 2. The molecule has 3 aliphatic rings. The summed E-state index contributed by atoms with van der Waals surface area (Å²) in [6.45, 7) is 5.16. The number of aryl methyl sites for hydroxylation is 1. The molecule has 1 saturated heterocycles. The first-order valence-corrected chi connectivity index (χ1v) is 14.1. The van der Waals surface area contributed by atoms with Crippen molar-refractivity contribution in [3.8, 4) is 23.0 Å². The number of benzene rings is 1. The number of imidazole rings is 1. The second-order valence-corrected chi connectivity index (χ2v) is 11.0. The second-order valence-electron chi connectivity index (χ2n) is 11.0. The van der Waals surface area contributed by atoms with E-state index < -0.39 is 0 Å². The van der Waals surface area contributed by atoms with Crippen LogP contribution >= 0.6 is 0 Å². The Morgan fingerprint density at radius 2 is 1.93 bits per heavy atom. The van der Waals surface area contributed by atoms with Crippen LogP contribution in [0, 0.1) is 0 Å². The molecule has 1 aliphatic heterocycles. The minimum Gasteiger partial charge on any atom is -0.474 e. The summed E-state index contributed by atoms with van der Waals surface area (Å²) in [4.78, 5) is 28.0. The van der Waals surface area contributed by atoms with Gasteiger partial charge in [0.15, 0.2) is 11.5 Å². The summed E-state index contributed by atoms with van der Waals surface area (Å²) in [6, 6.07) is 15.0. The van der Waals surface area contributed by atoms with Crippen molar-refractivity contribution in [2.24, 2.45) is 0 Å². The summed E-state index contributed by atoms with van der Waals surface area (Å²) in [5.74, 6) is 1.79. The van der Waals surface area contributed by atoms with Crippen LogP contribution in [0.2, 0.25) is 0 Å². The fourth-order valence-corrected chi connectivity index (χ4v) is 5.99. The van der Waals surface area contributed by atoms with Gasteiger partial charge in [0.25, 0.3) is 0 Å². The maximum atomic E-state index is 12.0. The van der Waals surface area contributed by atoms with Gasteiger partial charge < -0.3 is 20.7 Å². The minimum atomic E-state index is 0.0253. The predicted molar refractivity (Wildman–Crippen MR) is 154 cm³/mol. The molecule has 3 N–H and O–H groups in total. The zero-order valence-corrected chi connectivity index (χ0v) is 22.4. The Bertz CT molecular complexity index is 1600. The van der Waals surface area contributed by atoms with E-state index in [1.165, 1.54) is 17.2 Å². The maximum absolute atomic E-state index is 12.0. The number of aromatic nitrogens is 4. The molecule has 7 rings (SSSR count). The van der Waals surface area contributed by atoms with E-state index in [-0.39, 0.29) is 12.0 Å². The molecule has 9 nitrogen and oxygen atoms in total. The molecule has 0 radical (unpaired) electrons. The van der Waals surface area contributed by atoms with E-state index in [1.54, 1.807) is 6.20 Å². The Morgan fingerprint density at radius 3 is 2.70 bits per heavy atom. The van der Waals surface area contributed by atoms with Crippen LogP contribution in [0.25, 0.3) is 28.2 Å². The highest BCUT2D eigenvalue weighted by molar-refractivity contribution is 5.87. The van der Waals surface area contributed by atoms with Crippen molar-refractivity contribution >= 4 is 22.9 Å². The van der Waals surface area contributed by atoms with Crippen LogP contribution in [0.4, 0.5) is 5.82 Å². The average molecular weight is 536 g/mol. The van der Waals surface area contributed by atoms with Crippen LogP contribution in [0.5, 0.6) is 5.88 Å². The number of hydrogen-bond acceptors (Lipinski definition) is 7. The second kappa shape index (κ2) is 10.1. The molecule has 40 heavy (non-hydrogen) atoms. The predicted octanol–water partition coefficient (Wildman–Crippen LogP) is 4.36. The smallest absolute Gasteiger partial charge is 0.245 e. The van der Waals surface area contributed by atoms with Gasteiger partial charge in [-0.2, -0.15) is 4.98 Å². The van der Waals surface area contributed by atoms with Crippen molar-refractivity contribution in [2.45, 2.75) is 56.7 Å². The third-order valence-corrected chi connectivity index (χ3v) is 8.25. The normalized spacial score (nSPS) is 19.1. The molecule has 1 saturated carbocycles. The number of ether oxygens (including phenoxy) is 1. The number of carbonyl (C=O) groups is 1. The summed E-state index contributed by atoms with van der Waals surface area (Å²) in [7, 11) is 0. The summed E-state index contributed by atoms with van der Waals surface area (Å²) in [5.41, 5.74) is 12.3. The Labute approximate surface area is 233 Å². The van der Waals surface area contributed by atoms with Crippen LogP contribution in [0.1, 0.15) is 49.3 Å². The van der Waals surface area contributed by atoms with Crippen LogP contribution in [0.3, 0.4) is 0 Å². The molecular formula is C31H33N7O2. The summed E-state index contributed by atoms with van der Waals surface area (Å²) in [5, 5.41) is 3.87. The van der Waals surface area contributed by atoms with Gasteiger partial charge in [-0.15, -0.1) is 0 Å². The van der Waals surface area contributed by atoms with E-state index in [2.05, 4.69) is 39.6 Å². The number of nitrogens with zero attached hydrogens (tertiary/aromatic N) is 5. The molecule has 0 spiro atoms. The van der Waals surface area contributed by atoms with E-state index in [9.17, 15) is 4.79 Å². The summed E-state index contributed by atoms with van der Waals surface area (Å²) in [6.07, 6.45) is 9.46. The number of carbonyl (C=O) groups excluding carboxylic acids is 1. The lowest BCUT2D eigenvalue weighted by atomic mass is 10.0. The fourth-order valence-electron chi connectivity index (χ4n) is 5.99. The van der Waals surface area contributed by atoms with Crippen LogP contribution < -0.4 is 15.8 Å². The number of likely N-dealkylation sites (tertiary alicyclic amines) is 1. The van der Waals surface area contributed by atoms with Gasteiger partial charge in [-0.25, -0.2) is 9.97 Å². The van der Waals surface area contributed by atoms with Crippen molar-refractivity contribution in [3.05, 3.63) is 72.4 Å². The number of hydrogen-bond donors (Lipinski definition) is 2. The molecule has 3 aromatic heterocycles. The van der Waals surface area contributed by atoms with Crippen molar-refractivity contribution in [2.75, 3.05) is 18.8 Å². The lowest BCUT2D eigenvalue weighted by Crippen LogP contribution is -2.45. The van der Waals surface area contributed by atoms with Crippen molar-refractivity contribution in [3.63, 3.8) is 0 Å². The number of nitrogens with one attached hydrogen (secondary N) is 1. The van der Waals surface area contributed by atoms with Gasteiger partial charge in [0.05, 0.1) is 5.56 Å². The third kappa shape index (κ3) is 4.60. The standard InChI is InChI=1S/C31H33N7O2/c1-2-28(39)37-16-13-20(14-17-37)34-25-10-5-19-18-21(6-9-23(19)25)38-30(24-4-3-15-33-29(24)32)35-26-11-12-27(36-31(26)38)40-22-7-8-22/h2-4,6,9,11-12,15,18,20,22,25,34H,1,5,7-8,10,13-14,16-17H2,(H2,32,33)/t25-/m0/s1. The van der Waals surface area contributed by atoms with Crippen LogP contribution in [-0.4, -0.2) is 55.6 Å². The molecule has 0 bridgehead atoms. The van der Waals surface area contributed by atoms with E-state index in [4.69, 9.17) is 20.4 Å². The van der Waals surface area contributed by atoms with Gasteiger partial charge in [-0.05, 0) is 86.1 Å². The molecule has 1 atom stereocenters. The largest absolute Gasteiger partial charge is 0.474 e. The quantitative estimate of drug-likeness (QED) is 0.338. The molecule has 0 unspecified atom stereocenters. The Balaban J connectivity index is 1.21. The van der Waals surface area contributed by atoms with Crippen molar-refractivity contribution in [1.82, 2.24) is 29.7 Å². The van der Waals surface area contributed by atoms with Gasteiger partial charge in [-0.1, -0.05) is 12.6 Å². The highest BCUT2D eigenvalue weighted by Gasteiger charge is 2.29. The Hall–Kier alpha value is -4.24. The zero-order chi connectivity index (χ0) is 27.2. The first kappa shape index (κ1) is 24.8. The highest BCUT2D eigenvalue weighted by Crippen LogP contribution is 2.37. The van der Waals surface area contributed by atoms with Crippen molar-refractivity contribution < 1.29 is 9.53 Å². The maximum Gasteiger partial charge on any atom is 0.245 e. The van der Waals surface area contributed by atoms with Gasteiger partial charge in [-0.3, -0.25) is 9.36 Å². The first-order valence-electron chi connectivity index (χ1n) is 14.1. The number of nitrogens with two attached hydrogens (primary N) is 1. The average Bonchev–Trinajstić information content (AvgIpc) is 3.59. The van der Waals surface area contributed by atoms with Crippen LogP contribution in [-0.2, 0) is 11.2 Å². The Kier molecular flexibility index (Phi) is 6.23. The van der Waals surface area contributed by atoms with E-state index in [0.717, 1.165) is 74.0 Å². The zero-order valence-electron chi connectivity index (χ0n) is 22.4. The highest BCUT2D eigenvalue weighted by atomic mass is 16.5.